The van der Waals surface area contributed by atoms with Crippen molar-refractivity contribution in [1.29, 1.82) is 0 Å². The van der Waals surface area contributed by atoms with Crippen LogP contribution in [-0.4, -0.2) is 46.8 Å². The van der Waals surface area contributed by atoms with Crippen LogP contribution in [0.4, 0.5) is 5.95 Å². The Morgan fingerprint density at radius 1 is 1.26 bits per heavy atom. The number of benzene rings is 1. The van der Waals surface area contributed by atoms with Gasteiger partial charge in [-0.2, -0.15) is 0 Å². The average Bonchev–Trinajstić information content (AvgIpc) is 3.20. The second kappa shape index (κ2) is 8.04. The minimum Gasteiger partial charge on any atom is -0.381 e. The van der Waals surface area contributed by atoms with Crippen molar-refractivity contribution in [3.8, 4) is 5.69 Å². The summed E-state index contributed by atoms with van der Waals surface area (Å²) < 4.78 is 7.52. The van der Waals surface area contributed by atoms with Gasteiger partial charge in [-0.15, -0.1) is 10.2 Å². The predicted octanol–water partition coefficient (Wildman–Crippen LogP) is 3.65. The summed E-state index contributed by atoms with van der Waals surface area (Å²) in [7, 11) is 0. The van der Waals surface area contributed by atoms with Gasteiger partial charge in [0.25, 0.3) is 0 Å². The fourth-order valence-electron chi connectivity index (χ4n) is 2.66. The molecule has 124 valence electrons. The zero-order valence-corrected chi connectivity index (χ0v) is 14.8. The lowest BCUT2D eigenvalue weighted by atomic mass is 10.3. The summed E-state index contributed by atoms with van der Waals surface area (Å²) in [5.74, 6) is 1.76. The second-order valence-corrected chi connectivity index (χ2v) is 6.84. The summed E-state index contributed by atoms with van der Waals surface area (Å²) in [6.45, 7) is 5.51. The first-order valence-electron chi connectivity index (χ1n) is 7.96. The first-order valence-corrected chi connectivity index (χ1v) is 9.33. The molecule has 5 nitrogen and oxygen atoms in total. The second-order valence-electron chi connectivity index (χ2n) is 5.34. The highest BCUT2D eigenvalue weighted by atomic mass is 35.5. The topological polar surface area (TPSA) is 43.2 Å². The van der Waals surface area contributed by atoms with E-state index in [9.17, 15) is 0 Å². The highest BCUT2D eigenvalue weighted by molar-refractivity contribution is 7.99. The molecule has 1 saturated heterocycles. The molecule has 0 spiro atoms. The third-order valence-electron chi connectivity index (χ3n) is 3.73. The summed E-state index contributed by atoms with van der Waals surface area (Å²) in [5, 5.41) is 10.4. The molecule has 1 aliphatic heterocycles. The largest absolute Gasteiger partial charge is 0.381 e. The monoisotopic (exact) mass is 352 g/mol. The molecule has 0 aliphatic carbocycles. The van der Waals surface area contributed by atoms with E-state index in [4.69, 9.17) is 16.3 Å². The van der Waals surface area contributed by atoms with Crippen LogP contribution in [0.2, 0.25) is 5.02 Å². The van der Waals surface area contributed by atoms with Gasteiger partial charge in [-0.05, 0) is 38.0 Å². The lowest BCUT2D eigenvalue weighted by Gasteiger charge is -2.18. The molecule has 1 aliphatic rings. The van der Waals surface area contributed by atoms with E-state index in [2.05, 4.69) is 19.7 Å². The van der Waals surface area contributed by atoms with Gasteiger partial charge in [0.15, 0.2) is 5.16 Å². The fraction of sp³-hybridized carbons (Fsp3) is 0.500. The van der Waals surface area contributed by atoms with E-state index in [1.165, 1.54) is 12.8 Å². The maximum atomic E-state index is 6.18. The van der Waals surface area contributed by atoms with Gasteiger partial charge in [-0.25, -0.2) is 0 Å². The minimum absolute atomic E-state index is 0.711. The molecule has 7 heteroatoms. The first-order chi connectivity index (χ1) is 11.3. The number of rotatable bonds is 7. The predicted molar refractivity (Wildman–Crippen MR) is 95.0 cm³/mol. The van der Waals surface area contributed by atoms with Crippen molar-refractivity contribution in [3.05, 3.63) is 29.3 Å². The maximum Gasteiger partial charge on any atom is 0.232 e. The standard InChI is InChI=1S/C16H21ClN4OS/c1-2-22-10-11-23-16-19-18-15(20-8-3-4-9-20)21(16)14-7-5-6-13(17)12-14/h5-7,12H,2-4,8-11H2,1H3. The van der Waals surface area contributed by atoms with E-state index in [0.29, 0.717) is 11.6 Å². The van der Waals surface area contributed by atoms with E-state index >= 15 is 0 Å². The Morgan fingerprint density at radius 3 is 2.83 bits per heavy atom. The van der Waals surface area contributed by atoms with Crippen molar-refractivity contribution in [2.24, 2.45) is 0 Å². The quantitative estimate of drug-likeness (QED) is 0.562. The molecule has 2 heterocycles. The molecule has 0 atom stereocenters. The Bertz CT molecular complexity index is 643. The molecule has 0 bridgehead atoms. The van der Waals surface area contributed by atoms with Crippen LogP contribution in [0.1, 0.15) is 19.8 Å². The summed E-state index contributed by atoms with van der Waals surface area (Å²) in [6.07, 6.45) is 2.41. The van der Waals surface area contributed by atoms with Gasteiger partial charge >= 0.3 is 0 Å². The highest BCUT2D eigenvalue weighted by Crippen LogP contribution is 2.29. The molecule has 3 rings (SSSR count). The van der Waals surface area contributed by atoms with Crippen molar-refractivity contribution in [3.63, 3.8) is 0 Å². The highest BCUT2D eigenvalue weighted by Gasteiger charge is 2.22. The summed E-state index contributed by atoms with van der Waals surface area (Å²) in [4.78, 5) is 2.29. The zero-order chi connectivity index (χ0) is 16.1. The maximum absolute atomic E-state index is 6.18. The Kier molecular flexibility index (Phi) is 5.80. The van der Waals surface area contributed by atoms with Gasteiger partial charge < -0.3 is 9.64 Å². The van der Waals surface area contributed by atoms with Crippen molar-refractivity contribution < 1.29 is 4.74 Å². The van der Waals surface area contributed by atoms with Crippen LogP contribution < -0.4 is 4.90 Å². The van der Waals surface area contributed by atoms with E-state index in [-0.39, 0.29) is 0 Å². The third-order valence-corrected chi connectivity index (χ3v) is 4.86. The number of hydrogen-bond donors (Lipinski definition) is 0. The number of nitrogens with zero attached hydrogens (tertiary/aromatic N) is 4. The Morgan fingerprint density at radius 2 is 2.09 bits per heavy atom. The molecule has 0 unspecified atom stereocenters. The minimum atomic E-state index is 0.711. The van der Waals surface area contributed by atoms with Crippen LogP contribution in [0.25, 0.3) is 5.69 Å². The number of aromatic nitrogens is 3. The molecule has 0 radical (unpaired) electrons. The summed E-state index contributed by atoms with van der Waals surface area (Å²) in [6, 6.07) is 7.84. The van der Waals surface area contributed by atoms with Crippen molar-refractivity contribution >= 4 is 29.3 Å². The van der Waals surface area contributed by atoms with E-state index in [1.807, 2.05) is 31.2 Å². The molecule has 23 heavy (non-hydrogen) atoms. The molecule has 0 amide bonds. The fourth-order valence-corrected chi connectivity index (χ4v) is 3.64. The van der Waals surface area contributed by atoms with Crippen LogP contribution in [0, 0.1) is 0 Å². The third kappa shape index (κ3) is 4.00. The van der Waals surface area contributed by atoms with Crippen molar-refractivity contribution in [1.82, 2.24) is 14.8 Å². The van der Waals surface area contributed by atoms with Crippen LogP contribution in [0.3, 0.4) is 0 Å². The molecular weight excluding hydrogens is 332 g/mol. The lowest BCUT2D eigenvalue weighted by Crippen LogP contribution is -2.22. The van der Waals surface area contributed by atoms with Gasteiger partial charge in [0.05, 0.1) is 12.3 Å². The number of halogens is 1. The Balaban J connectivity index is 1.89. The van der Waals surface area contributed by atoms with Crippen LogP contribution in [-0.2, 0) is 4.74 Å². The average molecular weight is 353 g/mol. The number of thioether (sulfide) groups is 1. The Hall–Kier alpha value is -1.24. The number of hydrogen-bond acceptors (Lipinski definition) is 5. The Labute approximate surface area is 146 Å². The zero-order valence-electron chi connectivity index (χ0n) is 13.2. The molecular formula is C16H21ClN4OS. The lowest BCUT2D eigenvalue weighted by molar-refractivity contribution is 0.164. The van der Waals surface area contributed by atoms with Gasteiger partial charge in [0, 0.05) is 30.5 Å². The van der Waals surface area contributed by atoms with Gasteiger partial charge in [0.2, 0.25) is 5.95 Å². The SMILES string of the molecule is CCOCCSc1nnc(N2CCCC2)n1-c1cccc(Cl)c1. The molecule has 1 fully saturated rings. The molecule has 0 N–H and O–H groups in total. The molecule has 2 aromatic rings. The van der Waals surface area contributed by atoms with Crippen LogP contribution in [0.15, 0.2) is 29.4 Å². The van der Waals surface area contributed by atoms with Gasteiger partial charge in [-0.3, -0.25) is 4.57 Å². The van der Waals surface area contributed by atoms with E-state index < -0.39 is 0 Å². The van der Waals surface area contributed by atoms with E-state index in [0.717, 1.165) is 42.2 Å². The van der Waals surface area contributed by atoms with Crippen molar-refractivity contribution in [2.45, 2.75) is 24.9 Å². The molecule has 0 saturated carbocycles. The van der Waals surface area contributed by atoms with Gasteiger partial charge in [0.1, 0.15) is 0 Å². The summed E-state index contributed by atoms with van der Waals surface area (Å²) in [5.41, 5.74) is 1.00. The van der Waals surface area contributed by atoms with Gasteiger partial charge in [-0.1, -0.05) is 29.4 Å². The van der Waals surface area contributed by atoms with Crippen LogP contribution in [0.5, 0.6) is 0 Å². The number of ether oxygens (including phenoxy) is 1. The summed E-state index contributed by atoms with van der Waals surface area (Å²) >= 11 is 7.84. The number of anilines is 1. The first kappa shape index (κ1) is 16.6. The van der Waals surface area contributed by atoms with Crippen molar-refractivity contribution in [2.75, 3.05) is 37.0 Å². The molecule has 1 aromatic carbocycles. The molecule has 1 aromatic heterocycles. The van der Waals surface area contributed by atoms with E-state index in [1.54, 1.807) is 11.8 Å². The normalized spacial score (nSPS) is 14.6. The smallest absolute Gasteiger partial charge is 0.232 e. The van der Waals surface area contributed by atoms with Crippen LogP contribution >= 0.6 is 23.4 Å².